The van der Waals surface area contributed by atoms with Gasteiger partial charge >= 0.3 is 11.5 Å². The topological polar surface area (TPSA) is 82.6 Å². The van der Waals surface area contributed by atoms with Gasteiger partial charge in [-0.15, -0.1) is 0 Å². The molecular formula is C24H25F3N4O3S. The highest BCUT2D eigenvalue weighted by molar-refractivity contribution is 8.00. The predicted molar refractivity (Wildman–Crippen MR) is 126 cm³/mol. The molecule has 2 fully saturated rings. The standard InChI is InChI=1S/C24H25F3N4O3S/c1-15-22(33)31(18-7-9-19(10-8-18)35-24(25,26)27)23(34)30(15)14-17-11-12-28-13-20(17)29-21(32)16-5-3-2-4-6-16/h7-13,15-16H,2-6,14H2,1H3,(H,29,32). The maximum Gasteiger partial charge on any atom is 0.446 e. The molecule has 1 saturated heterocycles. The zero-order chi connectivity index (χ0) is 25.2. The summed E-state index contributed by atoms with van der Waals surface area (Å²) < 4.78 is 37.8. The molecule has 1 aromatic carbocycles. The number of nitrogens with zero attached hydrogens (tertiary/aromatic N) is 3. The number of carbonyl (C=O) groups excluding carboxylic acids is 3. The van der Waals surface area contributed by atoms with E-state index in [0.717, 1.165) is 37.0 Å². The van der Waals surface area contributed by atoms with E-state index in [4.69, 9.17) is 0 Å². The molecule has 1 N–H and O–H groups in total. The van der Waals surface area contributed by atoms with Gasteiger partial charge in [0.25, 0.3) is 5.91 Å². The highest BCUT2D eigenvalue weighted by Gasteiger charge is 2.43. The Hall–Kier alpha value is -3.08. The number of amides is 4. The molecule has 1 aliphatic heterocycles. The Bertz CT molecular complexity index is 1100. The van der Waals surface area contributed by atoms with Gasteiger partial charge in [0, 0.05) is 17.0 Å². The minimum absolute atomic E-state index is 0.0413. The number of aromatic nitrogens is 1. The minimum Gasteiger partial charge on any atom is -0.324 e. The normalized spacial score (nSPS) is 19.4. The Labute approximate surface area is 205 Å². The zero-order valence-electron chi connectivity index (χ0n) is 19.0. The Balaban J connectivity index is 1.49. The summed E-state index contributed by atoms with van der Waals surface area (Å²) in [7, 11) is 0. The second-order valence-corrected chi connectivity index (χ2v) is 9.80. The summed E-state index contributed by atoms with van der Waals surface area (Å²) in [5, 5.41) is 2.93. The second kappa shape index (κ2) is 10.3. The van der Waals surface area contributed by atoms with Crippen molar-refractivity contribution >= 4 is 41.0 Å². The molecule has 2 aliphatic rings. The average Bonchev–Trinajstić information content (AvgIpc) is 3.03. The number of halogens is 3. The molecule has 1 aliphatic carbocycles. The Kier molecular flexibility index (Phi) is 7.34. The third-order valence-corrected chi connectivity index (χ3v) is 7.04. The van der Waals surface area contributed by atoms with Gasteiger partial charge in [-0.1, -0.05) is 19.3 Å². The molecular weight excluding hydrogens is 481 g/mol. The molecule has 4 rings (SSSR count). The number of benzene rings is 1. The summed E-state index contributed by atoms with van der Waals surface area (Å²) in [6.07, 6.45) is 7.92. The molecule has 1 unspecified atom stereocenters. The first-order chi connectivity index (χ1) is 16.6. The van der Waals surface area contributed by atoms with E-state index in [0.29, 0.717) is 11.3 Å². The van der Waals surface area contributed by atoms with Crippen molar-refractivity contribution in [2.24, 2.45) is 5.92 Å². The van der Waals surface area contributed by atoms with Crippen LogP contribution in [0.4, 0.5) is 29.3 Å². The van der Waals surface area contributed by atoms with Crippen molar-refractivity contribution in [2.75, 3.05) is 10.2 Å². The van der Waals surface area contributed by atoms with E-state index >= 15 is 0 Å². The second-order valence-electron chi connectivity index (χ2n) is 8.66. The Morgan fingerprint density at radius 3 is 2.46 bits per heavy atom. The largest absolute Gasteiger partial charge is 0.446 e. The molecule has 4 amide bonds. The molecule has 1 aromatic heterocycles. The summed E-state index contributed by atoms with van der Waals surface area (Å²) in [4.78, 5) is 45.2. The summed E-state index contributed by atoms with van der Waals surface area (Å²) in [6.45, 7) is 1.66. The van der Waals surface area contributed by atoms with Crippen LogP contribution in [0.5, 0.6) is 0 Å². The zero-order valence-corrected chi connectivity index (χ0v) is 19.9. The van der Waals surface area contributed by atoms with Crippen molar-refractivity contribution in [1.82, 2.24) is 9.88 Å². The fourth-order valence-corrected chi connectivity index (χ4v) is 4.94. The number of pyridine rings is 1. The van der Waals surface area contributed by atoms with E-state index in [-0.39, 0.29) is 40.7 Å². The van der Waals surface area contributed by atoms with Crippen LogP contribution in [0.1, 0.15) is 44.6 Å². The van der Waals surface area contributed by atoms with Crippen LogP contribution in [0.3, 0.4) is 0 Å². The Morgan fingerprint density at radius 2 is 1.80 bits per heavy atom. The lowest BCUT2D eigenvalue weighted by atomic mass is 9.88. The van der Waals surface area contributed by atoms with Crippen molar-refractivity contribution in [1.29, 1.82) is 0 Å². The van der Waals surface area contributed by atoms with Gasteiger partial charge in [0.2, 0.25) is 5.91 Å². The van der Waals surface area contributed by atoms with Crippen LogP contribution in [0.2, 0.25) is 0 Å². The highest BCUT2D eigenvalue weighted by atomic mass is 32.2. The average molecular weight is 507 g/mol. The van der Waals surface area contributed by atoms with Crippen LogP contribution >= 0.6 is 11.8 Å². The van der Waals surface area contributed by atoms with Gasteiger partial charge in [0.15, 0.2) is 0 Å². The number of thioether (sulfide) groups is 1. The molecule has 0 radical (unpaired) electrons. The molecule has 11 heteroatoms. The maximum atomic E-state index is 13.2. The fraction of sp³-hybridized carbons (Fsp3) is 0.417. The monoisotopic (exact) mass is 506 g/mol. The highest BCUT2D eigenvalue weighted by Crippen LogP contribution is 2.38. The van der Waals surface area contributed by atoms with Crippen LogP contribution in [0.15, 0.2) is 47.6 Å². The quantitative estimate of drug-likeness (QED) is 0.409. The number of rotatable bonds is 6. The third kappa shape index (κ3) is 5.77. The molecule has 2 heterocycles. The van der Waals surface area contributed by atoms with Crippen LogP contribution in [-0.2, 0) is 16.1 Å². The van der Waals surface area contributed by atoms with E-state index in [1.807, 2.05) is 0 Å². The minimum atomic E-state index is -4.43. The summed E-state index contributed by atoms with van der Waals surface area (Å²) in [5.41, 5.74) is -3.11. The number of urea groups is 1. The van der Waals surface area contributed by atoms with Crippen molar-refractivity contribution in [3.63, 3.8) is 0 Å². The SMILES string of the molecule is CC1C(=O)N(c2ccc(SC(F)(F)F)cc2)C(=O)N1Cc1ccncc1NC(=O)C1CCCCC1. The fourth-order valence-electron chi connectivity index (χ4n) is 4.40. The van der Waals surface area contributed by atoms with Gasteiger partial charge in [-0.05, 0) is 67.4 Å². The molecule has 35 heavy (non-hydrogen) atoms. The predicted octanol–water partition coefficient (Wildman–Crippen LogP) is 5.57. The lowest BCUT2D eigenvalue weighted by Gasteiger charge is -2.23. The van der Waals surface area contributed by atoms with E-state index < -0.39 is 23.5 Å². The molecule has 0 bridgehead atoms. The molecule has 1 saturated carbocycles. The molecule has 2 aromatic rings. The maximum absolute atomic E-state index is 13.2. The summed E-state index contributed by atoms with van der Waals surface area (Å²) in [6, 6.07) is 5.41. The third-order valence-electron chi connectivity index (χ3n) is 6.30. The van der Waals surface area contributed by atoms with E-state index in [1.165, 1.54) is 35.4 Å². The van der Waals surface area contributed by atoms with Crippen LogP contribution in [-0.4, -0.2) is 39.3 Å². The van der Waals surface area contributed by atoms with Gasteiger partial charge < -0.3 is 10.2 Å². The smallest absolute Gasteiger partial charge is 0.324 e. The summed E-state index contributed by atoms with van der Waals surface area (Å²) in [5.74, 6) is -0.609. The molecule has 186 valence electrons. The first-order valence-corrected chi connectivity index (χ1v) is 12.2. The number of hydrogen-bond donors (Lipinski definition) is 1. The first kappa shape index (κ1) is 25.0. The van der Waals surface area contributed by atoms with Crippen molar-refractivity contribution in [2.45, 2.75) is 62.0 Å². The van der Waals surface area contributed by atoms with Gasteiger partial charge in [-0.2, -0.15) is 13.2 Å². The number of nitrogens with one attached hydrogen (secondary N) is 1. The van der Waals surface area contributed by atoms with E-state index in [1.54, 1.807) is 19.2 Å². The van der Waals surface area contributed by atoms with Crippen molar-refractivity contribution < 1.29 is 27.6 Å². The van der Waals surface area contributed by atoms with Gasteiger partial charge in [-0.25, -0.2) is 9.69 Å². The number of carbonyl (C=O) groups is 3. The van der Waals surface area contributed by atoms with Crippen molar-refractivity contribution in [3.05, 3.63) is 48.3 Å². The number of imide groups is 1. The number of anilines is 2. The van der Waals surface area contributed by atoms with Crippen LogP contribution in [0.25, 0.3) is 0 Å². The van der Waals surface area contributed by atoms with E-state index in [2.05, 4.69) is 10.3 Å². The van der Waals surface area contributed by atoms with Crippen LogP contribution in [0, 0.1) is 5.92 Å². The van der Waals surface area contributed by atoms with Crippen LogP contribution < -0.4 is 10.2 Å². The lowest BCUT2D eigenvalue weighted by molar-refractivity contribution is -0.121. The molecule has 1 atom stereocenters. The Morgan fingerprint density at radius 1 is 1.11 bits per heavy atom. The van der Waals surface area contributed by atoms with Gasteiger partial charge in [0.05, 0.1) is 24.1 Å². The van der Waals surface area contributed by atoms with Crippen molar-refractivity contribution in [3.8, 4) is 0 Å². The summed E-state index contributed by atoms with van der Waals surface area (Å²) >= 11 is -0.266. The van der Waals surface area contributed by atoms with Gasteiger partial charge in [-0.3, -0.25) is 14.6 Å². The van der Waals surface area contributed by atoms with Gasteiger partial charge in [0.1, 0.15) is 6.04 Å². The first-order valence-electron chi connectivity index (χ1n) is 11.4. The molecule has 0 spiro atoms. The molecule has 7 nitrogen and oxygen atoms in total. The van der Waals surface area contributed by atoms with E-state index in [9.17, 15) is 27.6 Å². The lowest BCUT2D eigenvalue weighted by Crippen LogP contribution is -2.34. The number of hydrogen-bond acceptors (Lipinski definition) is 5. The number of alkyl halides is 3.